The van der Waals surface area contributed by atoms with Gasteiger partial charge in [0.25, 0.3) is 11.8 Å². The number of fused-ring (bicyclic) bond motifs is 2. The second kappa shape index (κ2) is 23.4. The summed E-state index contributed by atoms with van der Waals surface area (Å²) in [6.45, 7) is 13.0. The van der Waals surface area contributed by atoms with Crippen molar-refractivity contribution in [1.82, 2.24) is 50.2 Å². The normalized spacial score (nSPS) is 25.2. The molecular formula is C57H63ClN10O12S4. The Morgan fingerprint density at radius 1 is 0.655 bits per heavy atom. The summed E-state index contributed by atoms with van der Waals surface area (Å²) in [5.74, 6) is -2.68. The van der Waals surface area contributed by atoms with E-state index in [2.05, 4.69) is 38.6 Å². The maximum Gasteiger partial charge on any atom is 0.411 e. The maximum atomic E-state index is 13.9. The fourth-order valence-electron chi connectivity index (χ4n) is 10.3. The van der Waals surface area contributed by atoms with E-state index < -0.39 is 95.1 Å². The fourth-order valence-corrected chi connectivity index (χ4v) is 14.4. The summed E-state index contributed by atoms with van der Waals surface area (Å²) in [6, 6.07) is 21.0. The van der Waals surface area contributed by atoms with Crippen LogP contribution in [0.1, 0.15) is 72.1 Å². The minimum atomic E-state index is -3.84. The standard InChI is InChI=1S/C31H35N5O7S2.C26H27N5O5S2.ClH/c1-5-18-16-31(18,28(38)35-45(40,41)20-12-13-20)34-26(37)23-15-19(17-36(23)29(39)43-30(2,3)4)42-27-25(24-11-8-14-44-24)32-21-9-6-7-10-22(21)33-27;1-2-15-13-26(15,25(33)31-38(34,35)17-9-10-17)30-23(32)20-12-16(14-27-20)36-24-22(21-8-5-11-37-21)28-18-6-3-4-7-19(18)29-24;/h5-11,14,18-20,23H,1,12-13,15-17H2,2-4H3,(H,34,37)(H,35,38);2-8,11,15-17,20,27H,1,9-10,12-14H2,(H,30,32)(H,31,33);1H/t18-,19-,23+,31-;15-,16-,20+,26-;/m11./s1. The number of rotatable bonds is 18. The van der Waals surface area contributed by atoms with Crippen molar-refractivity contribution in [3.63, 3.8) is 0 Å². The zero-order valence-corrected chi connectivity index (χ0v) is 50.1. The van der Waals surface area contributed by atoms with E-state index in [-0.39, 0.29) is 55.6 Å². The Hall–Kier alpha value is -7.10. The summed E-state index contributed by atoms with van der Waals surface area (Å²) in [5, 5.41) is 11.5. The van der Waals surface area contributed by atoms with Gasteiger partial charge in [0.05, 0.1) is 54.9 Å². The molecule has 0 unspecified atom stereocenters. The third-order valence-corrected chi connectivity index (χ3v) is 20.6. The van der Waals surface area contributed by atoms with Crippen molar-refractivity contribution in [1.29, 1.82) is 0 Å². The number of nitrogens with zero attached hydrogens (tertiary/aromatic N) is 5. The highest BCUT2D eigenvalue weighted by atomic mass is 35.5. The lowest BCUT2D eigenvalue weighted by Crippen LogP contribution is -2.56. The average molecular weight is 1240 g/mol. The zero-order valence-electron chi connectivity index (χ0n) is 46.0. The number of carbonyl (C=O) groups is 5. The molecule has 12 rings (SSSR count). The van der Waals surface area contributed by atoms with E-state index in [9.17, 15) is 40.8 Å². The molecule has 4 aromatic heterocycles. The van der Waals surface area contributed by atoms with Crippen LogP contribution in [0.5, 0.6) is 11.8 Å². The predicted molar refractivity (Wildman–Crippen MR) is 318 cm³/mol. The van der Waals surface area contributed by atoms with Crippen LogP contribution in [-0.2, 0) is 44.0 Å². The molecule has 0 bridgehead atoms. The molecule has 2 aromatic carbocycles. The number of thiophene rings is 2. The molecule has 4 saturated carbocycles. The first-order valence-electron chi connectivity index (χ1n) is 27.3. The van der Waals surface area contributed by atoms with Gasteiger partial charge >= 0.3 is 6.09 Å². The van der Waals surface area contributed by atoms with Crippen molar-refractivity contribution in [3.8, 4) is 32.9 Å². The molecule has 5 amide bonds. The largest absolute Gasteiger partial charge is 0.471 e. The zero-order chi connectivity index (χ0) is 58.6. The van der Waals surface area contributed by atoms with Gasteiger partial charge in [0.15, 0.2) is 0 Å². The molecule has 8 atom stereocenters. The molecule has 27 heteroatoms. The molecule has 4 aliphatic carbocycles. The highest BCUT2D eigenvalue weighted by Crippen LogP contribution is 2.47. The van der Waals surface area contributed by atoms with Crippen molar-refractivity contribution in [2.45, 2.75) is 124 Å². The first-order valence-corrected chi connectivity index (χ1v) is 32.1. The first kappa shape index (κ1) is 60.0. The van der Waals surface area contributed by atoms with Crippen LogP contribution in [0.3, 0.4) is 0 Å². The molecular weight excluding hydrogens is 1180 g/mol. The van der Waals surface area contributed by atoms with Gasteiger partial charge in [-0.05, 0) is 106 Å². The molecule has 6 aliphatic rings. The van der Waals surface area contributed by atoms with Crippen LogP contribution in [0, 0.1) is 11.8 Å². The lowest BCUT2D eigenvalue weighted by Gasteiger charge is -2.29. The predicted octanol–water partition coefficient (Wildman–Crippen LogP) is 6.34. The van der Waals surface area contributed by atoms with E-state index in [1.54, 1.807) is 26.8 Å². The molecule has 444 valence electrons. The van der Waals surface area contributed by atoms with Crippen LogP contribution in [0.15, 0.2) is 109 Å². The van der Waals surface area contributed by atoms with Gasteiger partial charge in [-0.15, -0.1) is 48.2 Å². The van der Waals surface area contributed by atoms with Crippen molar-refractivity contribution < 1.29 is 55.0 Å². The third-order valence-electron chi connectivity index (χ3n) is 15.2. The Morgan fingerprint density at radius 3 is 1.52 bits per heavy atom. The van der Waals surface area contributed by atoms with E-state index in [0.29, 0.717) is 78.9 Å². The topological polar surface area (TPSA) is 296 Å². The van der Waals surface area contributed by atoms with Gasteiger partial charge in [-0.2, -0.15) is 0 Å². The molecule has 0 radical (unpaired) electrons. The molecule has 6 fully saturated rings. The number of nitrogens with one attached hydrogen (secondary N) is 5. The number of likely N-dealkylation sites (tertiary alicyclic amines) is 1. The van der Waals surface area contributed by atoms with Crippen molar-refractivity contribution >= 4 is 107 Å². The van der Waals surface area contributed by atoms with Crippen LogP contribution in [0.4, 0.5) is 4.79 Å². The highest BCUT2D eigenvalue weighted by Gasteiger charge is 2.63. The second-order valence-corrected chi connectivity index (χ2v) is 28.4. The van der Waals surface area contributed by atoms with Gasteiger partial charge in [0.2, 0.25) is 43.6 Å². The van der Waals surface area contributed by atoms with Crippen molar-refractivity contribution in [2.24, 2.45) is 11.8 Å². The van der Waals surface area contributed by atoms with Gasteiger partial charge < -0.3 is 30.2 Å². The number of hydrogen-bond donors (Lipinski definition) is 5. The molecule has 6 heterocycles. The number of aromatic nitrogens is 4. The molecule has 5 N–H and O–H groups in total. The summed E-state index contributed by atoms with van der Waals surface area (Å²) in [6.07, 6.45) is 4.29. The number of carbonyl (C=O) groups excluding carboxylic acids is 5. The Morgan fingerprint density at radius 2 is 1.11 bits per heavy atom. The first-order chi connectivity index (χ1) is 39.6. The number of halogens is 1. The molecule has 84 heavy (non-hydrogen) atoms. The molecule has 22 nitrogen and oxygen atoms in total. The number of benzene rings is 2. The molecule has 2 aliphatic heterocycles. The fraction of sp³-hybridized carbons (Fsp3) is 0.421. The number of hydrogen-bond acceptors (Lipinski definition) is 19. The van der Waals surface area contributed by atoms with Crippen molar-refractivity contribution in [2.75, 3.05) is 13.1 Å². The third kappa shape index (κ3) is 12.8. The number of sulfonamides is 2. The Bertz CT molecular complexity index is 3790. The van der Waals surface area contributed by atoms with E-state index in [0.717, 1.165) is 15.3 Å². The summed E-state index contributed by atoms with van der Waals surface area (Å²) < 4.78 is 72.3. The lowest BCUT2D eigenvalue weighted by molar-refractivity contribution is -0.131. The minimum absolute atomic E-state index is 0. The Kier molecular flexibility index (Phi) is 16.7. The Balaban J connectivity index is 0.000000187. The van der Waals surface area contributed by atoms with Crippen LogP contribution in [0.2, 0.25) is 0 Å². The molecule has 2 saturated heterocycles. The second-order valence-electron chi connectivity index (χ2n) is 22.6. The monoisotopic (exact) mass is 1240 g/mol. The molecule has 0 spiro atoms. The smallest absolute Gasteiger partial charge is 0.411 e. The minimum Gasteiger partial charge on any atom is -0.471 e. The quantitative estimate of drug-likeness (QED) is 0.0586. The Labute approximate surface area is 499 Å². The van der Waals surface area contributed by atoms with Gasteiger partial charge in [-0.3, -0.25) is 33.5 Å². The van der Waals surface area contributed by atoms with E-state index in [1.807, 2.05) is 83.6 Å². The highest BCUT2D eigenvalue weighted by molar-refractivity contribution is 7.91. The van der Waals surface area contributed by atoms with Crippen molar-refractivity contribution in [3.05, 3.63) is 109 Å². The SMILES string of the molecule is C=C[C@@H]1C[C@]1(NC(=O)[C@@H]1C[C@@H](Oc2nc3ccccc3nc2-c2cccs2)CN1)C(=O)NS(=O)(=O)C1CC1.C=C[C@@H]1C[C@]1(NC(=O)[C@@H]1C[C@@H](Oc2nc3ccccc3nc2-c2cccs2)CN1C(=O)OC(C)(C)C)C(=O)NS(=O)(=O)C1CC1.Cl. The van der Waals surface area contributed by atoms with E-state index in [4.69, 9.17) is 34.1 Å². The van der Waals surface area contributed by atoms with Gasteiger partial charge in [-0.1, -0.05) is 48.6 Å². The maximum absolute atomic E-state index is 13.9. The summed E-state index contributed by atoms with van der Waals surface area (Å²) in [7, 11) is -7.57. The number of ether oxygens (including phenoxy) is 3. The van der Waals surface area contributed by atoms with E-state index >= 15 is 0 Å². The summed E-state index contributed by atoms with van der Waals surface area (Å²) in [5.41, 5.74) is 0.344. The average Bonchev–Trinajstić information content (AvgIpc) is 4.52. The number of para-hydroxylation sites is 4. The molecule has 6 aromatic rings. The van der Waals surface area contributed by atoms with Gasteiger partial charge in [0.1, 0.15) is 46.3 Å². The van der Waals surface area contributed by atoms with Crippen LogP contribution in [0.25, 0.3) is 43.2 Å². The van der Waals surface area contributed by atoms with Crippen LogP contribution in [-0.4, -0.2) is 136 Å². The van der Waals surface area contributed by atoms with Crippen LogP contribution >= 0.6 is 35.1 Å². The van der Waals surface area contributed by atoms with Gasteiger partial charge in [0, 0.05) is 31.2 Å². The van der Waals surface area contributed by atoms with Gasteiger partial charge in [-0.25, -0.2) is 41.6 Å². The summed E-state index contributed by atoms with van der Waals surface area (Å²) in [4.78, 5) is 88.7. The number of amides is 5. The van der Waals surface area contributed by atoms with E-state index in [1.165, 1.54) is 33.6 Å². The van der Waals surface area contributed by atoms with Crippen LogP contribution < -0.4 is 34.9 Å². The lowest BCUT2D eigenvalue weighted by atomic mass is 10.1. The summed E-state index contributed by atoms with van der Waals surface area (Å²) >= 11 is 3.02.